The summed E-state index contributed by atoms with van der Waals surface area (Å²) in [6.45, 7) is 8.55. The molecule has 152 valence electrons. The van der Waals surface area contributed by atoms with Crippen molar-refractivity contribution in [1.29, 1.82) is 0 Å². The highest BCUT2D eigenvalue weighted by atomic mass is 16.2. The molecule has 4 aromatic rings. The number of imidazole rings is 1. The number of nitrogens with one attached hydrogen (secondary N) is 1. The van der Waals surface area contributed by atoms with Gasteiger partial charge in [-0.15, -0.1) is 5.10 Å². The second-order valence-corrected chi connectivity index (χ2v) is 7.47. The molecule has 0 saturated heterocycles. The van der Waals surface area contributed by atoms with E-state index in [4.69, 9.17) is 0 Å². The highest BCUT2D eigenvalue weighted by molar-refractivity contribution is 6.03. The van der Waals surface area contributed by atoms with E-state index < -0.39 is 0 Å². The maximum atomic E-state index is 12.8. The van der Waals surface area contributed by atoms with E-state index in [1.807, 2.05) is 63.4 Å². The molecule has 0 spiro atoms. The Morgan fingerprint density at radius 2 is 1.77 bits per heavy atom. The van der Waals surface area contributed by atoms with Crippen LogP contribution in [-0.4, -0.2) is 30.5 Å². The minimum Gasteiger partial charge on any atom is -0.331 e. The van der Waals surface area contributed by atoms with Crippen molar-refractivity contribution in [3.63, 3.8) is 0 Å². The minimum absolute atomic E-state index is 0.276. The van der Waals surface area contributed by atoms with Gasteiger partial charge in [-0.05, 0) is 57.0 Å². The molecule has 0 aliphatic rings. The number of carbonyl (C=O) groups is 1. The Morgan fingerprint density at radius 3 is 2.43 bits per heavy atom. The van der Waals surface area contributed by atoms with Crippen molar-refractivity contribution in [2.24, 2.45) is 0 Å². The van der Waals surface area contributed by atoms with Gasteiger partial charge in [0.05, 0.1) is 11.4 Å². The molecule has 1 N–H and O–H groups in total. The van der Waals surface area contributed by atoms with Gasteiger partial charge in [0.1, 0.15) is 5.82 Å². The first-order chi connectivity index (χ1) is 14.4. The smallest absolute Gasteiger partial charge is 0.278 e. The molecule has 0 fully saturated rings. The summed E-state index contributed by atoms with van der Waals surface area (Å²) in [6, 6.07) is 13.8. The van der Waals surface area contributed by atoms with E-state index in [9.17, 15) is 4.79 Å². The van der Waals surface area contributed by atoms with Gasteiger partial charge in [0.25, 0.3) is 5.91 Å². The van der Waals surface area contributed by atoms with Crippen LogP contribution in [0.4, 0.5) is 5.69 Å². The quantitative estimate of drug-likeness (QED) is 0.549. The van der Waals surface area contributed by atoms with Crippen molar-refractivity contribution >= 4 is 11.6 Å². The summed E-state index contributed by atoms with van der Waals surface area (Å²) in [4.78, 5) is 18.5. The molecule has 0 saturated carbocycles. The first-order valence-corrected chi connectivity index (χ1v) is 9.80. The molecule has 4 rings (SSSR count). The van der Waals surface area contributed by atoms with Gasteiger partial charge in [0.2, 0.25) is 0 Å². The van der Waals surface area contributed by atoms with Gasteiger partial charge >= 0.3 is 0 Å². The van der Waals surface area contributed by atoms with Gasteiger partial charge in [0.15, 0.2) is 5.69 Å². The molecule has 2 heterocycles. The molecule has 2 aromatic heterocycles. The van der Waals surface area contributed by atoms with Crippen LogP contribution in [0.5, 0.6) is 0 Å². The van der Waals surface area contributed by atoms with Crippen LogP contribution < -0.4 is 5.32 Å². The highest BCUT2D eigenvalue weighted by Gasteiger charge is 2.17. The number of benzene rings is 2. The Labute approximate surface area is 175 Å². The molecule has 0 aliphatic heterocycles. The lowest BCUT2D eigenvalue weighted by molar-refractivity contribution is 0.102. The normalized spacial score (nSPS) is 10.9. The Balaban J connectivity index is 1.49. The molecule has 2 aromatic carbocycles. The zero-order chi connectivity index (χ0) is 21.3. The fourth-order valence-electron chi connectivity index (χ4n) is 3.38. The molecular formula is C23H24N6O. The Kier molecular flexibility index (Phi) is 5.18. The van der Waals surface area contributed by atoms with Crippen LogP contribution >= 0.6 is 0 Å². The molecule has 7 nitrogen and oxygen atoms in total. The second kappa shape index (κ2) is 7.94. The molecule has 0 atom stereocenters. The Morgan fingerprint density at radius 1 is 1.00 bits per heavy atom. The monoisotopic (exact) mass is 400 g/mol. The molecular weight excluding hydrogens is 376 g/mol. The van der Waals surface area contributed by atoms with Crippen molar-refractivity contribution < 1.29 is 4.79 Å². The van der Waals surface area contributed by atoms with Gasteiger partial charge in [-0.3, -0.25) is 4.79 Å². The zero-order valence-corrected chi connectivity index (χ0v) is 17.5. The van der Waals surface area contributed by atoms with Gasteiger partial charge in [-0.2, -0.15) is 9.90 Å². The first-order valence-electron chi connectivity index (χ1n) is 9.80. The Hall–Kier alpha value is -3.74. The lowest BCUT2D eigenvalue weighted by Crippen LogP contribution is -2.14. The molecule has 0 aliphatic carbocycles. The van der Waals surface area contributed by atoms with E-state index >= 15 is 0 Å². The third-order valence-electron chi connectivity index (χ3n) is 5.05. The van der Waals surface area contributed by atoms with E-state index in [1.165, 1.54) is 10.4 Å². The standard InChI is InChI=1S/C23H24N6O/c1-15-5-10-21(16(2)13-15)29-26-17(3)22(27-29)23(30)25-20-8-6-19(7-9-20)14-28-12-11-24-18(28)4/h5-13H,14H2,1-4H3,(H,25,30). The summed E-state index contributed by atoms with van der Waals surface area (Å²) in [7, 11) is 0. The molecule has 0 bridgehead atoms. The summed E-state index contributed by atoms with van der Waals surface area (Å²) in [6.07, 6.45) is 3.74. The molecule has 30 heavy (non-hydrogen) atoms. The third-order valence-corrected chi connectivity index (χ3v) is 5.05. The third kappa shape index (κ3) is 4.00. The maximum Gasteiger partial charge on any atom is 0.278 e. The van der Waals surface area contributed by atoms with E-state index in [-0.39, 0.29) is 5.91 Å². The number of rotatable bonds is 5. The van der Waals surface area contributed by atoms with Gasteiger partial charge in [-0.25, -0.2) is 4.98 Å². The van der Waals surface area contributed by atoms with Crippen LogP contribution in [0.25, 0.3) is 5.69 Å². The molecule has 0 unspecified atom stereocenters. The van der Waals surface area contributed by atoms with Crippen molar-refractivity contribution in [1.82, 2.24) is 24.5 Å². The number of aromatic nitrogens is 5. The molecule has 7 heteroatoms. The van der Waals surface area contributed by atoms with E-state index in [0.717, 1.165) is 29.2 Å². The number of carbonyl (C=O) groups excluding carboxylic acids is 1. The van der Waals surface area contributed by atoms with E-state index in [0.29, 0.717) is 17.1 Å². The predicted octanol–water partition coefficient (Wildman–Crippen LogP) is 4.00. The van der Waals surface area contributed by atoms with Crippen molar-refractivity contribution in [3.05, 3.63) is 88.8 Å². The van der Waals surface area contributed by atoms with Crippen molar-refractivity contribution in [3.8, 4) is 5.69 Å². The van der Waals surface area contributed by atoms with Crippen LogP contribution in [0.3, 0.4) is 0 Å². The van der Waals surface area contributed by atoms with E-state index in [1.54, 1.807) is 13.1 Å². The van der Waals surface area contributed by atoms with Crippen molar-refractivity contribution in [2.45, 2.75) is 34.2 Å². The summed E-state index contributed by atoms with van der Waals surface area (Å²) >= 11 is 0. The van der Waals surface area contributed by atoms with Gasteiger partial charge in [-0.1, -0.05) is 29.8 Å². The fraction of sp³-hybridized carbons (Fsp3) is 0.217. The number of hydrogen-bond donors (Lipinski definition) is 1. The average molecular weight is 400 g/mol. The average Bonchev–Trinajstić information content (AvgIpc) is 3.29. The van der Waals surface area contributed by atoms with Crippen molar-refractivity contribution in [2.75, 3.05) is 5.32 Å². The number of amides is 1. The van der Waals surface area contributed by atoms with Crippen LogP contribution in [0.15, 0.2) is 54.9 Å². The predicted molar refractivity (Wildman–Crippen MR) is 116 cm³/mol. The summed E-state index contributed by atoms with van der Waals surface area (Å²) in [5.41, 5.74) is 5.83. The summed E-state index contributed by atoms with van der Waals surface area (Å²) < 4.78 is 2.07. The lowest BCUT2D eigenvalue weighted by atomic mass is 10.1. The lowest BCUT2D eigenvalue weighted by Gasteiger charge is -2.08. The largest absolute Gasteiger partial charge is 0.331 e. The van der Waals surface area contributed by atoms with Gasteiger partial charge < -0.3 is 9.88 Å². The highest BCUT2D eigenvalue weighted by Crippen LogP contribution is 2.17. The SMILES string of the molecule is Cc1ccc(-n2nc(C)c(C(=O)Nc3ccc(Cn4ccnc4C)cc3)n2)c(C)c1. The zero-order valence-electron chi connectivity index (χ0n) is 17.5. The van der Waals surface area contributed by atoms with Crippen LogP contribution in [0.1, 0.15) is 38.7 Å². The number of nitrogens with zero attached hydrogens (tertiary/aromatic N) is 5. The number of aryl methyl sites for hydroxylation is 4. The molecule has 1 amide bonds. The Bertz CT molecular complexity index is 1200. The molecule has 0 radical (unpaired) electrons. The van der Waals surface area contributed by atoms with E-state index in [2.05, 4.69) is 31.1 Å². The summed E-state index contributed by atoms with van der Waals surface area (Å²) in [5, 5.41) is 11.8. The van der Waals surface area contributed by atoms with Crippen LogP contribution in [0, 0.1) is 27.7 Å². The fourth-order valence-corrected chi connectivity index (χ4v) is 3.38. The van der Waals surface area contributed by atoms with Gasteiger partial charge in [0, 0.05) is 24.6 Å². The first kappa shape index (κ1) is 19.6. The number of hydrogen-bond acceptors (Lipinski definition) is 4. The van der Waals surface area contributed by atoms with Crippen LogP contribution in [-0.2, 0) is 6.54 Å². The minimum atomic E-state index is -0.276. The topological polar surface area (TPSA) is 77.6 Å². The summed E-state index contributed by atoms with van der Waals surface area (Å²) in [5.74, 6) is 0.691. The van der Waals surface area contributed by atoms with Crippen LogP contribution in [0.2, 0.25) is 0 Å². The second-order valence-electron chi connectivity index (χ2n) is 7.47. The maximum absolute atomic E-state index is 12.8. The number of anilines is 1.